The van der Waals surface area contributed by atoms with Crippen molar-refractivity contribution in [2.75, 3.05) is 7.11 Å². The molecule has 0 aliphatic heterocycles. The summed E-state index contributed by atoms with van der Waals surface area (Å²) in [7, 11) is 1.61. The number of rotatable bonds is 5. The number of nitrogens with one attached hydrogen (secondary N) is 1. The first-order chi connectivity index (χ1) is 13.8. The molecule has 142 valence electrons. The van der Waals surface area contributed by atoms with E-state index in [4.69, 9.17) is 14.5 Å². The molecule has 0 saturated carbocycles. The van der Waals surface area contributed by atoms with Crippen LogP contribution in [0.15, 0.2) is 71.9 Å². The largest absolute Gasteiger partial charge is 0.497 e. The van der Waals surface area contributed by atoms with Gasteiger partial charge in [-0.3, -0.25) is 15.7 Å². The fourth-order valence-corrected chi connectivity index (χ4v) is 3.39. The Balaban J connectivity index is 1.64. The van der Waals surface area contributed by atoms with Crippen molar-refractivity contribution in [3.8, 4) is 17.4 Å². The van der Waals surface area contributed by atoms with Crippen LogP contribution < -0.4 is 15.0 Å². The van der Waals surface area contributed by atoms with Gasteiger partial charge in [0.1, 0.15) is 11.5 Å². The summed E-state index contributed by atoms with van der Waals surface area (Å²) >= 11 is 0. The molecule has 1 unspecified atom stereocenters. The molecule has 4 rings (SSSR count). The first-order valence-electron chi connectivity index (χ1n) is 9.11. The molecule has 1 aliphatic rings. The average Bonchev–Trinajstić information content (AvgIpc) is 3.16. The summed E-state index contributed by atoms with van der Waals surface area (Å²) in [6, 6.07) is 19.1. The summed E-state index contributed by atoms with van der Waals surface area (Å²) in [4.78, 5) is 9.07. The molecule has 1 heterocycles. The van der Waals surface area contributed by atoms with Crippen LogP contribution >= 0.6 is 0 Å². The van der Waals surface area contributed by atoms with Crippen molar-refractivity contribution in [1.82, 2.24) is 10.5 Å². The maximum Gasteiger partial charge on any atom is 0.230 e. The molecule has 0 amide bonds. The highest BCUT2D eigenvalue weighted by Crippen LogP contribution is 2.34. The number of benzene rings is 2. The molecule has 6 heteroatoms. The Morgan fingerprint density at radius 3 is 2.64 bits per heavy atom. The first-order valence-corrected chi connectivity index (χ1v) is 9.11. The molecule has 0 spiro atoms. The number of aromatic nitrogens is 1. The second-order valence-electron chi connectivity index (χ2n) is 6.48. The molecule has 0 fully saturated rings. The Labute approximate surface area is 163 Å². The standard InChI is InChI=1S/C22H21N3O3/c1-27-16-9-11-17(12-10-16)28-22-19(7-4-14-23-22)21(25-26)24-20-13-8-15-5-2-3-6-18(15)20/h2-7,9-12,14,20,26H,8,13H2,1H3,(H,24,25). The van der Waals surface area contributed by atoms with E-state index in [-0.39, 0.29) is 6.04 Å². The smallest absolute Gasteiger partial charge is 0.230 e. The van der Waals surface area contributed by atoms with Crippen molar-refractivity contribution in [2.45, 2.75) is 18.9 Å². The topological polar surface area (TPSA) is 76.0 Å². The number of fused-ring (bicyclic) bond motifs is 1. The molecular weight excluding hydrogens is 354 g/mol. The highest BCUT2D eigenvalue weighted by Gasteiger charge is 2.23. The number of amidine groups is 1. The van der Waals surface area contributed by atoms with E-state index in [9.17, 15) is 5.21 Å². The van der Waals surface area contributed by atoms with Gasteiger partial charge in [0.2, 0.25) is 5.88 Å². The summed E-state index contributed by atoms with van der Waals surface area (Å²) in [5, 5.41) is 9.77. The van der Waals surface area contributed by atoms with Gasteiger partial charge in [0.15, 0.2) is 5.84 Å². The number of aliphatic imine (C=N–C) groups is 1. The zero-order valence-corrected chi connectivity index (χ0v) is 15.5. The van der Waals surface area contributed by atoms with E-state index >= 15 is 0 Å². The van der Waals surface area contributed by atoms with Crippen LogP contribution in [0.4, 0.5) is 0 Å². The molecule has 0 radical (unpaired) electrons. The second-order valence-corrected chi connectivity index (χ2v) is 6.48. The number of pyridine rings is 1. The van der Waals surface area contributed by atoms with Crippen molar-refractivity contribution < 1.29 is 14.7 Å². The number of hydroxylamine groups is 1. The van der Waals surface area contributed by atoms with E-state index in [0.29, 0.717) is 23.0 Å². The molecule has 0 bridgehead atoms. The third-order valence-electron chi connectivity index (χ3n) is 4.79. The summed E-state index contributed by atoms with van der Waals surface area (Å²) < 4.78 is 11.1. The third-order valence-corrected chi connectivity index (χ3v) is 4.79. The molecule has 1 atom stereocenters. The van der Waals surface area contributed by atoms with Gasteiger partial charge in [0.25, 0.3) is 0 Å². The highest BCUT2D eigenvalue weighted by atomic mass is 16.5. The predicted octanol–water partition coefficient (Wildman–Crippen LogP) is 4.30. The summed E-state index contributed by atoms with van der Waals surface area (Å²) in [6.07, 6.45) is 3.52. The van der Waals surface area contributed by atoms with Crippen LogP contribution in [-0.2, 0) is 6.42 Å². The lowest BCUT2D eigenvalue weighted by Gasteiger charge is -2.14. The van der Waals surface area contributed by atoms with Gasteiger partial charge in [0.05, 0.1) is 18.7 Å². The minimum Gasteiger partial charge on any atom is -0.497 e. The summed E-state index contributed by atoms with van der Waals surface area (Å²) in [5.74, 6) is 2.05. The summed E-state index contributed by atoms with van der Waals surface area (Å²) in [5.41, 5.74) is 5.31. The van der Waals surface area contributed by atoms with Crippen LogP contribution in [0.5, 0.6) is 17.4 Å². The molecule has 1 aromatic heterocycles. The molecule has 3 aromatic rings. The van der Waals surface area contributed by atoms with Crippen LogP contribution in [0.2, 0.25) is 0 Å². The van der Waals surface area contributed by atoms with Gasteiger partial charge in [-0.25, -0.2) is 4.98 Å². The molecule has 2 N–H and O–H groups in total. The fraction of sp³-hybridized carbons (Fsp3) is 0.182. The quantitative estimate of drug-likeness (QED) is 0.395. The number of nitrogens with zero attached hydrogens (tertiary/aromatic N) is 2. The fourth-order valence-electron chi connectivity index (χ4n) is 3.39. The van der Waals surface area contributed by atoms with Crippen LogP contribution in [0.25, 0.3) is 0 Å². The normalized spacial score (nSPS) is 15.8. The van der Waals surface area contributed by atoms with Crippen molar-refractivity contribution in [2.24, 2.45) is 4.99 Å². The van der Waals surface area contributed by atoms with E-state index in [1.54, 1.807) is 31.5 Å². The van der Waals surface area contributed by atoms with Gasteiger partial charge in [-0.1, -0.05) is 24.3 Å². The Morgan fingerprint density at radius 2 is 1.86 bits per heavy atom. The third kappa shape index (κ3) is 3.68. The van der Waals surface area contributed by atoms with Crippen LogP contribution in [0, 0.1) is 0 Å². The van der Waals surface area contributed by atoms with E-state index in [2.05, 4.69) is 22.6 Å². The van der Waals surface area contributed by atoms with Crippen molar-refractivity contribution in [3.05, 3.63) is 83.6 Å². The maximum absolute atomic E-state index is 9.77. The Hall–Kier alpha value is -3.38. The lowest BCUT2D eigenvalue weighted by atomic mass is 10.1. The Kier molecular flexibility index (Phi) is 5.21. The molecule has 0 saturated heterocycles. The van der Waals surface area contributed by atoms with Crippen molar-refractivity contribution in [1.29, 1.82) is 0 Å². The van der Waals surface area contributed by atoms with Gasteiger partial charge < -0.3 is 9.47 Å². The number of hydrogen-bond acceptors (Lipinski definition) is 5. The monoisotopic (exact) mass is 375 g/mol. The van der Waals surface area contributed by atoms with E-state index in [1.807, 2.05) is 30.3 Å². The van der Waals surface area contributed by atoms with E-state index in [0.717, 1.165) is 18.6 Å². The lowest BCUT2D eigenvalue weighted by molar-refractivity contribution is 0.234. The lowest BCUT2D eigenvalue weighted by Crippen LogP contribution is -2.22. The zero-order chi connectivity index (χ0) is 19.3. The van der Waals surface area contributed by atoms with Crippen LogP contribution in [0.1, 0.15) is 29.2 Å². The maximum atomic E-state index is 9.77. The first kappa shape index (κ1) is 18.0. The van der Waals surface area contributed by atoms with Gasteiger partial charge in [-0.15, -0.1) is 0 Å². The van der Waals surface area contributed by atoms with E-state index < -0.39 is 0 Å². The number of aryl methyl sites for hydroxylation is 1. The van der Waals surface area contributed by atoms with Crippen LogP contribution in [0.3, 0.4) is 0 Å². The van der Waals surface area contributed by atoms with E-state index in [1.165, 1.54) is 11.1 Å². The molecule has 28 heavy (non-hydrogen) atoms. The number of ether oxygens (including phenoxy) is 2. The van der Waals surface area contributed by atoms with Gasteiger partial charge in [-0.2, -0.15) is 0 Å². The van der Waals surface area contributed by atoms with Gasteiger partial charge in [-0.05, 0) is 60.4 Å². The SMILES string of the molecule is COc1ccc(Oc2ncccc2C(=NC2CCc3ccccc32)NO)cc1. The predicted molar refractivity (Wildman–Crippen MR) is 106 cm³/mol. The molecule has 2 aromatic carbocycles. The molecular formula is C22H21N3O3. The average molecular weight is 375 g/mol. The van der Waals surface area contributed by atoms with Gasteiger partial charge in [0, 0.05) is 6.20 Å². The molecule has 1 aliphatic carbocycles. The minimum atomic E-state index is -0.0140. The second kappa shape index (κ2) is 8.10. The van der Waals surface area contributed by atoms with Crippen molar-refractivity contribution >= 4 is 5.84 Å². The Morgan fingerprint density at radius 1 is 1.07 bits per heavy atom. The van der Waals surface area contributed by atoms with Crippen LogP contribution in [-0.4, -0.2) is 23.1 Å². The number of methoxy groups -OCH3 is 1. The zero-order valence-electron chi connectivity index (χ0n) is 15.5. The summed E-state index contributed by atoms with van der Waals surface area (Å²) in [6.45, 7) is 0. The minimum absolute atomic E-state index is 0.0140. The highest BCUT2D eigenvalue weighted by molar-refractivity contribution is 6.00. The van der Waals surface area contributed by atoms with Crippen molar-refractivity contribution in [3.63, 3.8) is 0 Å². The number of hydrogen-bond donors (Lipinski definition) is 2. The van der Waals surface area contributed by atoms with Gasteiger partial charge >= 0.3 is 0 Å². The molecule has 6 nitrogen and oxygen atoms in total. The Bertz CT molecular complexity index is 986.